The average Bonchev–Trinajstić information content (AvgIpc) is 2.07. The van der Waals surface area contributed by atoms with Crippen molar-refractivity contribution in [2.24, 2.45) is 5.73 Å². The smallest absolute Gasteiger partial charge is 0.168 e. The number of anilines is 2. The molecule has 0 radical (unpaired) electrons. The molecule has 0 saturated heterocycles. The van der Waals surface area contributed by atoms with Crippen LogP contribution in [0.4, 0.5) is 11.4 Å². The summed E-state index contributed by atoms with van der Waals surface area (Å²) in [5.74, 6) is 0.618. The van der Waals surface area contributed by atoms with Gasteiger partial charge in [-0.2, -0.15) is 0 Å². The molecule has 1 rings (SSSR count). The van der Waals surface area contributed by atoms with Gasteiger partial charge in [-0.1, -0.05) is 0 Å². The Morgan fingerprint density at radius 3 is 2.77 bits per heavy atom. The first kappa shape index (κ1) is 9.60. The molecule has 70 valence electrons. The van der Waals surface area contributed by atoms with Crippen molar-refractivity contribution < 1.29 is 4.74 Å². The van der Waals surface area contributed by atoms with E-state index in [-0.39, 0.29) is 5.11 Å². The molecular weight excluding hydrogens is 186 g/mol. The minimum absolute atomic E-state index is 0.197. The summed E-state index contributed by atoms with van der Waals surface area (Å²) in [6.45, 7) is 0. The lowest BCUT2D eigenvalue weighted by atomic mass is 10.2. The maximum atomic E-state index is 5.56. The zero-order valence-electron chi connectivity index (χ0n) is 7.20. The molecule has 0 bridgehead atoms. The van der Waals surface area contributed by atoms with Crippen molar-refractivity contribution in [2.45, 2.75) is 0 Å². The number of rotatable bonds is 2. The van der Waals surface area contributed by atoms with E-state index in [0.29, 0.717) is 17.1 Å². The van der Waals surface area contributed by atoms with E-state index in [1.54, 1.807) is 25.3 Å². The Balaban J connectivity index is 2.99. The van der Waals surface area contributed by atoms with Crippen LogP contribution in [0.3, 0.4) is 0 Å². The molecule has 13 heavy (non-hydrogen) atoms. The normalized spacial score (nSPS) is 9.31. The predicted molar refractivity (Wildman–Crippen MR) is 57.8 cm³/mol. The van der Waals surface area contributed by atoms with Crippen LogP contribution in [0.5, 0.6) is 5.75 Å². The number of nitrogens with one attached hydrogen (secondary N) is 1. The van der Waals surface area contributed by atoms with Crippen LogP contribution in [-0.2, 0) is 0 Å². The Morgan fingerprint density at radius 2 is 2.23 bits per heavy atom. The lowest BCUT2D eigenvalue weighted by molar-refractivity contribution is 0.417. The third-order valence-corrected chi connectivity index (χ3v) is 1.59. The van der Waals surface area contributed by atoms with Crippen molar-refractivity contribution in [3.8, 4) is 5.75 Å². The van der Waals surface area contributed by atoms with Crippen LogP contribution in [0.2, 0.25) is 0 Å². The highest BCUT2D eigenvalue weighted by Gasteiger charge is 2.02. The molecular formula is C8H11N3OS. The minimum Gasteiger partial charge on any atom is -0.494 e. The molecule has 0 unspecified atom stereocenters. The number of methoxy groups -OCH3 is 1. The van der Waals surface area contributed by atoms with Gasteiger partial charge in [0.15, 0.2) is 5.11 Å². The fourth-order valence-corrected chi connectivity index (χ4v) is 1.05. The molecule has 1 aromatic rings. The first-order valence-corrected chi connectivity index (χ1v) is 4.04. The number of ether oxygens (including phenoxy) is 1. The number of hydrogen-bond donors (Lipinski definition) is 3. The van der Waals surface area contributed by atoms with E-state index in [0.717, 1.165) is 0 Å². The van der Waals surface area contributed by atoms with Crippen LogP contribution in [0.25, 0.3) is 0 Å². The Kier molecular flexibility index (Phi) is 2.92. The SMILES string of the molecule is COc1cc(N)ccc1NC(N)=S. The summed E-state index contributed by atoms with van der Waals surface area (Å²) in [7, 11) is 1.56. The molecule has 4 nitrogen and oxygen atoms in total. The second-order valence-corrected chi connectivity index (χ2v) is 2.89. The van der Waals surface area contributed by atoms with Crippen LogP contribution in [-0.4, -0.2) is 12.2 Å². The van der Waals surface area contributed by atoms with E-state index in [2.05, 4.69) is 5.32 Å². The molecule has 0 spiro atoms. The number of hydrogen-bond acceptors (Lipinski definition) is 3. The maximum Gasteiger partial charge on any atom is 0.168 e. The van der Waals surface area contributed by atoms with Crippen molar-refractivity contribution in [3.63, 3.8) is 0 Å². The quantitative estimate of drug-likeness (QED) is 0.486. The molecule has 0 amide bonds. The topological polar surface area (TPSA) is 73.3 Å². The predicted octanol–water partition coefficient (Wildman–Crippen LogP) is 0.933. The summed E-state index contributed by atoms with van der Waals surface area (Å²) in [5.41, 5.74) is 12.2. The number of benzene rings is 1. The van der Waals surface area contributed by atoms with E-state index in [4.69, 9.17) is 28.4 Å². The van der Waals surface area contributed by atoms with Gasteiger partial charge in [0, 0.05) is 11.8 Å². The molecule has 0 aliphatic heterocycles. The van der Waals surface area contributed by atoms with Crippen molar-refractivity contribution in [1.29, 1.82) is 0 Å². The Labute approximate surface area is 81.9 Å². The van der Waals surface area contributed by atoms with E-state index < -0.39 is 0 Å². The van der Waals surface area contributed by atoms with Gasteiger partial charge in [0.2, 0.25) is 0 Å². The molecule has 0 heterocycles. The second kappa shape index (κ2) is 3.95. The minimum atomic E-state index is 0.197. The van der Waals surface area contributed by atoms with Gasteiger partial charge in [0.25, 0.3) is 0 Å². The third-order valence-electron chi connectivity index (χ3n) is 1.48. The second-order valence-electron chi connectivity index (χ2n) is 2.45. The molecule has 5 N–H and O–H groups in total. The Bertz CT molecular complexity index is 327. The van der Waals surface area contributed by atoms with Crippen molar-refractivity contribution >= 4 is 28.7 Å². The molecule has 1 aromatic carbocycles. The largest absolute Gasteiger partial charge is 0.494 e. The summed E-state index contributed by atoms with van der Waals surface area (Å²) >= 11 is 4.70. The summed E-state index contributed by atoms with van der Waals surface area (Å²) < 4.78 is 5.07. The van der Waals surface area contributed by atoms with Crippen LogP contribution in [0.1, 0.15) is 0 Å². The van der Waals surface area contributed by atoms with Crippen LogP contribution >= 0.6 is 12.2 Å². The van der Waals surface area contributed by atoms with Gasteiger partial charge < -0.3 is 21.5 Å². The first-order chi connectivity index (χ1) is 6.13. The van der Waals surface area contributed by atoms with Gasteiger partial charge in [0.05, 0.1) is 12.8 Å². The molecule has 0 aliphatic carbocycles. The number of thiocarbonyl (C=S) groups is 1. The van der Waals surface area contributed by atoms with E-state index in [1.165, 1.54) is 0 Å². The molecule has 0 atom stereocenters. The maximum absolute atomic E-state index is 5.56. The van der Waals surface area contributed by atoms with Gasteiger partial charge in [-0.3, -0.25) is 0 Å². The lowest BCUT2D eigenvalue weighted by Crippen LogP contribution is -2.19. The van der Waals surface area contributed by atoms with Crippen LogP contribution in [0, 0.1) is 0 Å². The first-order valence-electron chi connectivity index (χ1n) is 3.63. The fraction of sp³-hybridized carbons (Fsp3) is 0.125. The van der Waals surface area contributed by atoms with Gasteiger partial charge in [-0.15, -0.1) is 0 Å². The monoisotopic (exact) mass is 197 g/mol. The van der Waals surface area contributed by atoms with Crippen LogP contribution in [0.15, 0.2) is 18.2 Å². The molecule has 0 saturated carbocycles. The van der Waals surface area contributed by atoms with Gasteiger partial charge in [0.1, 0.15) is 5.75 Å². The molecule has 0 aliphatic rings. The van der Waals surface area contributed by atoms with E-state index >= 15 is 0 Å². The van der Waals surface area contributed by atoms with Crippen LogP contribution < -0.4 is 21.5 Å². The van der Waals surface area contributed by atoms with Gasteiger partial charge >= 0.3 is 0 Å². The lowest BCUT2D eigenvalue weighted by Gasteiger charge is -2.09. The van der Waals surface area contributed by atoms with Crippen molar-refractivity contribution in [3.05, 3.63) is 18.2 Å². The summed E-state index contributed by atoms with van der Waals surface area (Å²) in [6.07, 6.45) is 0. The van der Waals surface area contributed by atoms with E-state index in [9.17, 15) is 0 Å². The summed E-state index contributed by atoms with van der Waals surface area (Å²) in [5, 5.41) is 2.98. The average molecular weight is 197 g/mol. The molecule has 0 fully saturated rings. The zero-order chi connectivity index (χ0) is 9.84. The van der Waals surface area contributed by atoms with Gasteiger partial charge in [-0.05, 0) is 24.4 Å². The van der Waals surface area contributed by atoms with Gasteiger partial charge in [-0.25, -0.2) is 0 Å². The van der Waals surface area contributed by atoms with E-state index in [1.807, 2.05) is 0 Å². The zero-order valence-corrected chi connectivity index (χ0v) is 8.02. The Hall–Kier alpha value is -1.49. The van der Waals surface area contributed by atoms with Crippen molar-refractivity contribution in [1.82, 2.24) is 0 Å². The standard InChI is InChI=1S/C8H11N3OS/c1-12-7-4-5(9)2-3-6(7)11-8(10)13/h2-4H,9H2,1H3,(H3,10,11,13). The summed E-state index contributed by atoms with van der Waals surface area (Å²) in [4.78, 5) is 0. The summed E-state index contributed by atoms with van der Waals surface area (Å²) in [6, 6.07) is 5.19. The molecule has 0 aromatic heterocycles. The third kappa shape index (κ3) is 2.48. The highest BCUT2D eigenvalue weighted by molar-refractivity contribution is 7.80. The fourth-order valence-electron chi connectivity index (χ4n) is 0.944. The Morgan fingerprint density at radius 1 is 1.54 bits per heavy atom. The van der Waals surface area contributed by atoms with Crippen molar-refractivity contribution in [2.75, 3.05) is 18.2 Å². The number of nitrogen functional groups attached to an aromatic ring is 1. The highest BCUT2D eigenvalue weighted by atomic mass is 32.1. The number of nitrogens with two attached hydrogens (primary N) is 2. The highest BCUT2D eigenvalue weighted by Crippen LogP contribution is 2.26. The molecule has 5 heteroatoms.